The molecule has 0 aromatic carbocycles. The van der Waals surface area contributed by atoms with Crippen LogP contribution in [0.4, 0.5) is 0 Å². The van der Waals surface area contributed by atoms with Crippen molar-refractivity contribution in [3.63, 3.8) is 0 Å². The summed E-state index contributed by atoms with van der Waals surface area (Å²) >= 11 is 0. The molecule has 0 fully saturated rings. The van der Waals surface area contributed by atoms with E-state index in [0.717, 1.165) is 38.3 Å². The number of hydrogen-bond donors (Lipinski definition) is 2. The van der Waals surface area contributed by atoms with Gasteiger partial charge in [-0.1, -0.05) is 20.8 Å². The molecule has 0 saturated heterocycles. The lowest BCUT2D eigenvalue weighted by atomic mass is 10.2. The van der Waals surface area contributed by atoms with Crippen LogP contribution in [0.25, 0.3) is 0 Å². The predicted octanol–water partition coefficient (Wildman–Crippen LogP) is 0.775. The number of rotatable bonds is 9. The summed E-state index contributed by atoms with van der Waals surface area (Å²) in [6, 6.07) is 0. The first-order valence-electron chi connectivity index (χ1n) is 7.23. The van der Waals surface area contributed by atoms with E-state index in [0.29, 0.717) is 6.54 Å². The molecule has 1 atom stereocenters. The Morgan fingerprint density at radius 3 is 2.63 bits per heavy atom. The summed E-state index contributed by atoms with van der Waals surface area (Å²) in [5, 5.41) is 17.7. The average molecular weight is 268 g/mol. The molecule has 0 saturated carbocycles. The lowest BCUT2D eigenvalue weighted by Crippen LogP contribution is -2.38. The number of likely N-dealkylation sites (N-methyl/N-ethyl adjacent to an activating group) is 1. The van der Waals surface area contributed by atoms with Crippen LogP contribution < -0.4 is 5.32 Å². The highest BCUT2D eigenvalue weighted by atomic mass is 16.3. The summed E-state index contributed by atoms with van der Waals surface area (Å²) in [5.41, 5.74) is 2.35. The molecule has 0 amide bonds. The van der Waals surface area contributed by atoms with Crippen LogP contribution in [-0.2, 0) is 20.0 Å². The van der Waals surface area contributed by atoms with Crippen LogP contribution in [0.3, 0.4) is 0 Å². The lowest BCUT2D eigenvalue weighted by molar-refractivity contribution is 0.116. The van der Waals surface area contributed by atoms with Gasteiger partial charge in [0.05, 0.1) is 11.8 Å². The van der Waals surface area contributed by atoms with Crippen LogP contribution in [0, 0.1) is 0 Å². The molecule has 5 nitrogen and oxygen atoms in total. The summed E-state index contributed by atoms with van der Waals surface area (Å²) in [6.07, 6.45) is 2.67. The van der Waals surface area contributed by atoms with Crippen LogP contribution in [0.15, 0.2) is 6.20 Å². The molecule has 1 aromatic rings. The van der Waals surface area contributed by atoms with Gasteiger partial charge < -0.3 is 15.3 Å². The monoisotopic (exact) mass is 268 g/mol. The lowest BCUT2D eigenvalue weighted by Gasteiger charge is -2.22. The fourth-order valence-electron chi connectivity index (χ4n) is 2.25. The number of hydrogen-bond acceptors (Lipinski definition) is 4. The van der Waals surface area contributed by atoms with Gasteiger partial charge in [-0.3, -0.25) is 4.68 Å². The minimum Gasteiger partial charge on any atom is -0.390 e. The molecule has 1 aromatic heterocycles. The quantitative estimate of drug-likeness (QED) is 0.695. The Balaban J connectivity index is 2.33. The number of nitrogens with one attached hydrogen (secondary N) is 1. The molecule has 19 heavy (non-hydrogen) atoms. The van der Waals surface area contributed by atoms with Gasteiger partial charge in [-0.05, 0) is 19.5 Å². The Hall–Kier alpha value is -0.910. The average Bonchev–Trinajstić information content (AvgIpc) is 2.76. The number of aliphatic hydroxyl groups is 1. The van der Waals surface area contributed by atoms with Gasteiger partial charge in [0.1, 0.15) is 0 Å². The molecule has 1 rings (SSSR count). The highest BCUT2D eigenvalue weighted by Gasteiger charge is 2.10. The first-order chi connectivity index (χ1) is 9.10. The van der Waals surface area contributed by atoms with E-state index in [9.17, 15) is 5.11 Å². The van der Waals surface area contributed by atoms with Gasteiger partial charge in [0.15, 0.2) is 0 Å². The van der Waals surface area contributed by atoms with Gasteiger partial charge in [0.2, 0.25) is 0 Å². The summed E-state index contributed by atoms with van der Waals surface area (Å²) < 4.78 is 1.85. The first kappa shape index (κ1) is 16.1. The fourth-order valence-corrected chi connectivity index (χ4v) is 2.25. The second kappa shape index (κ2) is 8.30. The van der Waals surface area contributed by atoms with Crippen molar-refractivity contribution in [2.45, 2.75) is 39.8 Å². The molecule has 2 N–H and O–H groups in total. The molecule has 0 radical (unpaired) electrons. The van der Waals surface area contributed by atoms with E-state index < -0.39 is 0 Å². The molecule has 5 heteroatoms. The molecule has 0 aliphatic carbocycles. The minimum absolute atomic E-state index is 0.318. The number of aliphatic hydroxyl groups excluding tert-OH is 1. The third-order valence-electron chi connectivity index (χ3n) is 3.39. The molecule has 1 heterocycles. The van der Waals surface area contributed by atoms with Crippen LogP contribution >= 0.6 is 0 Å². The minimum atomic E-state index is -0.318. The van der Waals surface area contributed by atoms with Crippen molar-refractivity contribution in [3.8, 4) is 0 Å². The van der Waals surface area contributed by atoms with Gasteiger partial charge in [0.25, 0.3) is 0 Å². The van der Waals surface area contributed by atoms with E-state index in [2.05, 4.69) is 36.1 Å². The van der Waals surface area contributed by atoms with Gasteiger partial charge in [-0.2, -0.15) is 5.10 Å². The van der Waals surface area contributed by atoms with Crippen molar-refractivity contribution >= 4 is 0 Å². The second-order valence-corrected chi connectivity index (χ2v) is 4.90. The number of aromatic nitrogens is 2. The molecular weight excluding hydrogens is 240 g/mol. The van der Waals surface area contributed by atoms with Crippen molar-refractivity contribution in [1.82, 2.24) is 20.0 Å². The summed E-state index contributed by atoms with van der Waals surface area (Å²) in [7, 11) is 1.94. The van der Waals surface area contributed by atoms with E-state index in [4.69, 9.17) is 0 Å². The molecular formula is C14H28N4O. The maximum Gasteiger partial charge on any atom is 0.0791 e. The molecule has 0 bridgehead atoms. The smallest absolute Gasteiger partial charge is 0.0791 e. The molecule has 0 spiro atoms. The largest absolute Gasteiger partial charge is 0.390 e. The van der Waals surface area contributed by atoms with Crippen LogP contribution in [-0.4, -0.2) is 52.1 Å². The van der Waals surface area contributed by atoms with E-state index in [1.165, 1.54) is 5.56 Å². The third-order valence-corrected chi connectivity index (χ3v) is 3.39. The Morgan fingerprint density at radius 2 is 2.05 bits per heavy atom. The van der Waals surface area contributed by atoms with Crippen molar-refractivity contribution in [2.24, 2.45) is 7.05 Å². The zero-order valence-corrected chi connectivity index (χ0v) is 12.7. The Morgan fingerprint density at radius 1 is 1.37 bits per heavy atom. The van der Waals surface area contributed by atoms with Crippen LogP contribution in [0.1, 0.15) is 32.0 Å². The third kappa shape index (κ3) is 5.30. The Labute approximate surface area is 116 Å². The molecule has 0 aliphatic rings. The van der Waals surface area contributed by atoms with Crippen LogP contribution in [0.2, 0.25) is 0 Å². The number of aryl methyl sites for hydroxylation is 2. The van der Waals surface area contributed by atoms with Gasteiger partial charge in [0, 0.05) is 38.4 Å². The van der Waals surface area contributed by atoms with Gasteiger partial charge in [-0.25, -0.2) is 0 Å². The van der Waals surface area contributed by atoms with E-state index in [1.807, 2.05) is 17.9 Å². The van der Waals surface area contributed by atoms with Crippen molar-refractivity contribution in [1.29, 1.82) is 0 Å². The molecule has 0 aliphatic heterocycles. The van der Waals surface area contributed by atoms with Crippen LogP contribution in [0.5, 0.6) is 0 Å². The summed E-state index contributed by atoms with van der Waals surface area (Å²) in [5.74, 6) is 0. The van der Waals surface area contributed by atoms with Gasteiger partial charge in [-0.15, -0.1) is 0 Å². The fraction of sp³-hybridized carbons (Fsp3) is 0.786. The summed E-state index contributed by atoms with van der Waals surface area (Å²) in [6.45, 7) is 10.4. The second-order valence-electron chi connectivity index (χ2n) is 4.90. The molecule has 1 unspecified atom stereocenters. The van der Waals surface area contributed by atoms with Crippen molar-refractivity contribution < 1.29 is 5.11 Å². The summed E-state index contributed by atoms with van der Waals surface area (Å²) in [4.78, 5) is 2.23. The molecule has 110 valence electrons. The normalized spacial score (nSPS) is 13.2. The maximum atomic E-state index is 9.97. The zero-order valence-electron chi connectivity index (χ0n) is 12.7. The highest BCUT2D eigenvalue weighted by Crippen LogP contribution is 2.06. The first-order valence-corrected chi connectivity index (χ1v) is 7.23. The van der Waals surface area contributed by atoms with E-state index >= 15 is 0 Å². The Bertz CT molecular complexity index is 360. The van der Waals surface area contributed by atoms with Crippen molar-refractivity contribution in [2.75, 3.05) is 26.2 Å². The van der Waals surface area contributed by atoms with Gasteiger partial charge >= 0.3 is 0 Å². The topological polar surface area (TPSA) is 53.3 Å². The van der Waals surface area contributed by atoms with E-state index in [1.54, 1.807) is 0 Å². The SMILES string of the molecule is CCc1nn(C)cc1CNCC(O)CN(CC)CC. The zero-order chi connectivity index (χ0) is 14.3. The Kier molecular flexibility index (Phi) is 7.05. The highest BCUT2D eigenvalue weighted by molar-refractivity contribution is 5.16. The number of nitrogens with zero attached hydrogens (tertiary/aromatic N) is 3. The van der Waals surface area contributed by atoms with E-state index in [-0.39, 0.29) is 6.10 Å². The predicted molar refractivity (Wildman–Crippen MR) is 78.1 cm³/mol. The maximum absolute atomic E-state index is 9.97. The van der Waals surface area contributed by atoms with Crippen molar-refractivity contribution in [3.05, 3.63) is 17.5 Å². The standard InChI is InChI=1S/C14H28N4O/c1-5-14-12(10-17(4)16-14)8-15-9-13(19)11-18(6-2)7-3/h10,13,15,19H,5-9,11H2,1-4H3.